The molecule has 2 aromatic carbocycles. The molecule has 1 aliphatic rings. The molecule has 2 atom stereocenters. The second-order valence-electron chi connectivity index (χ2n) is 13.7. The van der Waals surface area contributed by atoms with Crippen LogP contribution >= 0.6 is 0 Å². The van der Waals surface area contributed by atoms with Gasteiger partial charge in [0.15, 0.2) is 11.8 Å². The third kappa shape index (κ3) is 7.71. The molecule has 0 amide bonds. The lowest BCUT2D eigenvalue weighted by Crippen LogP contribution is -2.45. The lowest BCUT2D eigenvalue weighted by atomic mass is 9.92. The van der Waals surface area contributed by atoms with Crippen molar-refractivity contribution in [2.75, 3.05) is 24.6 Å². The SMILES string of the molecule is C=CC[C@H](C)Oc1cc(F)ccc1-c1cccc(-c2cc3nc(C)c([C@H](OC(C)(C)C)C(=O)O)c(N4CCC(C)(OCC)CC4)n3n2)c1. The Kier molecular flexibility index (Phi) is 10.3. The fraction of sp³-hybridized carbons (Fsp3) is 0.447. The summed E-state index contributed by atoms with van der Waals surface area (Å²) in [5.41, 5.74) is 3.73. The molecule has 0 unspecified atom stereocenters. The van der Waals surface area contributed by atoms with Gasteiger partial charge in [0.2, 0.25) is 0 Å². The predicted octanol–water partition coefficient (Wildman–Crippen LogP) is 8.19. The second kappa shape index (κ2) is 14.1. The summed E-state index contributed by atoms with van der Waals surface area (Å²) in [4.78, 5) is 19.8. The minimum Gasteiger partial charge on any atom is -0.490 e. The van der Waals surface area contributed by atoms with Gasteiger partial charge in [0.25, 0.3) is 0 Å². The number of nitrogens with zero attached hydrogens (tertiary/aromatic N) is 4. The fourth-order valence-corrected chi connectivity index (χ4v) is 6.32. The van der Waals surface area contributed by atoms with Crippen LogP contribution in [0.3, 0.4) is 0 Å². The van der Waals surface area contributed by atoms with Gasteiger partial charge in [0, 0.05) is 55.1 Å². The maximum atomic E-state index is 14.3. The minimum atomic E-state index is -1.26. The third-order valence-corrected chi connectivity index (χ3v) is 8.62. The summed E-state index contributed by atoms with van der Waals surface area (Å²) < 4.78 is 34.4. The summed E-state index contributed by atoms with van der Waals surface area (Å²) in [6.45, 7) is 19.1. The monoisotopic (exact) mass is 658 g/mol. The van der Waals surface area contributed by atoms with Crippen molar-refractivity contribution in [1.82, 2.24) is 14.6 Å². The maximum Gasteiger partial charge on any atom is 0.337 e. The average molecular weight is 659 g/mol. The molecule has 1 aliphatic heterocycles. The maximum absolute atomic E-state index is 14.3. The summed E-state index contributed by atoms with van der Waals surface area (Å²) in [6.07, 6.45) is 2.51. The van der Waals surface area contributed by atoms with Gasteiger partial charge in [-0.25, -0.2) is 14.2 Å². The van der Waals surface area contributed by atoms with Crippen LogP contribution in [0.25, 0.3) is 28.0 Å². The van der Waals surface area contributed by atoms with E-state index >= 15 is 0 Å². The molecule has 1 fully saturated rings. The predicted molar refractivity (Wildman–Crippen MR) is 186 cm³/mol. The van der Waals surface area contributed by atoms with Crippen LogP contribution in [0, 0.1) is 12.7 Å². The van der Waals surface area contributed by atoms with Gasteiger partial charge in [-0.3, -0.25) is 0 Å². The highest BCUT2D eigenvalue weighted by molar-refractivity contribution is 5.80. The summed E-state index contributed by atoms with van der Waals surface area (Å²) in [5, 5.41) is 15.5. The fourth-order valence-electron chi connectivity index (χ4n) is 6.32. The summed E-state index contributed by atoms with van der Waals surface area (Å²) in [6, 6.07) is 14.3. The van der Waals surface area contributed by atoms with Crippen LogP contribution in [0.5, 0.6) is 5.75 Å². The van der Waals surface area contributed by atoms with E-state index in [9.17, 15) is 14.3 Å². The Morgan fingerprint density at radius 2 is 1.85 bits per heavy atom. The van der Waals surface area contributed by atoms with Crippen LogP contribution in [0.2, 0.25) is 0 Å². The van der Waals surface area contributed by atoms with E-state index in [1.807, 2.05) is 71.9 Å². The molecule has 2 aromatic heterocycles. The summed E-state index contributed by atoms with van der Waals surface area (Å²) >= 11 is 0. The number of aliphatic carboxylic acids is 1. The first-order valence-electron chi connectivity index (χ1n) is 16.6. The van der Waals surface area contributed by atoms with E-state index in [2.05, 4.69) is 18.4 Å². The highest BCUT2D eigenvalue weighted by atomic mass is 19.1. The molecular formula is C38H47FN4O5. The molecule has 10 heteroatoms. The van der Waals surface area contributed by atoms with Crippen molar-refractivity contribution >= 4 is 17.4 Å². The van der Waals surface area contributed by atoms with Crippen molar-refractivity contribution in [1.29, 1.82) is 0 Å². The van der Waals surface area contributed by atoms with Crippen molar-refractivity contribution in [3.8, 4) is 28.1 Å². The topological polar surface area (TPSA) is 98.4 Å². The number of halogens is 1. The van der Waals surface area contributed by atoms with Crippen LogP contribution in [0.4, 0.5) is 10.2 Å². The van der Waals surface area contributed by atoms with Gasteiger partial charge < -0.3 is 24.2 Å². The Balaban J connectivity index is 1.63. The number of carboxylic acids is 1. The molecule has 256 valence electrons. The van der Waals surface area contributed by atoms with Gasteiger partial charge in [0.05, 0.1) is 28.6 Å². The molecular weight excluding hydrogens is 611 g/mol. The Morgan fingerprint density at radius 1 is 1.15 bits per heavy atom. The molecule has 48 heavy (non-hydrogen) atoms. The first kappa shape index (κ1) is 35.0. The number of carboxylic acid groups (broad SMARTS) is 1. The van der Waals surface area contributed by atoms with E-state index in [0.717, 1.165) is 29.5 Å². The highest BCUT2D eigenvalue weighted by Gasteiger charge is 2.37. The Bertz CT molecular complexity index is 1790. The zero-order valence-corrected chi connectivity index (χ0v) is 29.0. The van der Waals surface area contributed by atoms with Crippen molar-refractivity contribution in [2.24, 2.45) is 0 Å². The molecule has 4 aromatic rings. The van der Waals surface area contributed by atoms with E-state index in [0.29, 0.717) is 60.3 Å². The quantitative estimate of drug-likeness (QED) is 0.152. The van der Waals surface area contributed by atoms with Crippen molar-refractivity contribution < 1.29 is 28.5 Å². The Morgan fingerprint density at radius 3 is 2.50 bits per heavy atom. The van der Waals surface area contributed by atoms with E-state index in [-0.39, 0.29) is 17.5 Å². The summed E-state index contributed by atoms with van der Waals surface area (Å²) in [7, 11) is 0. The molecule has 0 bridgehead atoms. The van der Waals surface area contributed by atoms with E-state index in [1.54, 1.807) is 16.7 Å². The molecule has 0 spiro atoms. The molecule has 0 saturated carbocycles. The normalized spacial score (nSPS) is 16.1. The number of carbonyl (C=O) groups is 1. The Labute approximate surface area is 282 Å². The number of ether oxygens (including phenoxy) is 3. The lowest BCUT2D eigenvalue weighted by Gasteiger charge is -2.41. The van der Waals surface area contributed by atoms with E-state index in [1.165, 1.54) is 12.1 Å². The molecule has 5 rings (SSSR count). The number of hydrogen-bond acceptors (Lipinski definition) is 7. The lowest BCUT2D eigenvalue weighted by molar-refractivity contribution is -0.160. The van der Waals surface area contributed by atoms with Gasteiger partial charge in [-0.2, -0.15) is 9.61 Å². The van der Waals surface area contributed by atoms with Crippen molar-refractivity contribution in [3.63, 3.8) is 0 Å². The number of hydrogen-bond donors (Lipinski definition) is 1. The van der Waals surface area contributed by atoms with Crippen LogP contribution in [0.1, 0.15) is 78.2 Å². The molecule has 0 aliphatic carbocycles. The van der Waals surface area contributed by atoms with Crippen molar-refractivity contribution in [2.45, 2.75) is 91.1 Å². The first-order valence-corrected chi connectivity index (χ1v) is 16.6. The average Bonchev–Trinajstić information content (AvgIpc) is 3.43. The molecule has 1 N–H and O–H groups in total. The van der Waals surface area contributed by atoms with Crippen LogP contribution in [0.15, 0.2) is 61.2 Å². The zero-order valence-electron chi connectivity index (χ0n) is 29.0. The number of fused-ring (bicyclic) bond motifs is 1. The number of benzene rings is 2. The summed E-state index contributed by atoms with van der Waals surface area (Å²) in [5.74, 6) is -0.370. The molecule has 0 radical (unpaired) electrons. The highest BCUT2D eigenvalue weighted by Crippen LogP contribution is 2.39. The number of piperidine rings is 1. The second-order valence-corrected chi connectivity index (χ2v) is 13.7. The van der Waals surface area contributed by atoms with Gasteiger partial charge in [-0.1, -0.05) is 24.3 Å². The molecule has 3 heterocycles. The molecule has 9 nitrogen and oxygen atoms in total. The van der Waals surface area contributed by atoms with Crippen LogP contribution in [-0.2, 0) is 14.3 Å². The number of aromatic nitrogens is 3. The standard InChI is InChI=1S/C38H47FN4O5/c1-9-12-24(3)47-31-22-28(39)15-16-29(31)26-13-11-14-27(21-26)30-23-32-40-25(4)33(34(36(44)45)48-37(5,6)7)35(43(32)41-30)42-19-17-38(8,18-20-42)46-10-2/h9,11,13-16,21-24,34H,1,10,12,17-20H2,2-8H3,(H,44,45)/t24-,34-/m0/s1. The third-order valence-electron chi connectivity index (χ3n) is 8.62. The first-order chi connectivity index (χ1) is 22.7. The largest absolute Gasteiger partial charge is 0.490 e. The number of anilines is 1. The Hall–Kier alpha value is -4.28. The van der Waals surface area contributed by atoms with E-state index in [4.69, 9.17) is 24.3 Å². The van der Waals surface area contributed by atoms with Crippen LogP contribution in [-0.4, -0.2) is 62.7 Å². The smallest absolute Gasteiger partial charge is 0.337 e. The number of aryl methyl sites for hydroxylation is 1. The molecule has 1 saturated heterocycles. The van der Waals surface area contributed by atoms with E-state index < -0.39 is 17.7 Å². The van der Waals surface area contributed by atoms with Gasteiger partial charge >= 0.3 is 5.97 Å². The number of rotatable bonds is 12. The van der Waals surface area contributed by atoms with Gasteiger partial charge in [-0.15, -0.1) is 6.58 Å². The minimum absolute atomic E-state index is 0.176. The zero-order chi connectivity index (χ0) is 34.8. The van der Waals surface area contributed by atoms with Crippen LogP contribution < -0.4 is 9.64 Å². The van der Waals surface area contributed by atoms with Crippen molar-refractivity contribution in [3.05, 3.63) is 78.3 Å². The van der Waals surface area contributed by atoms with Gasteiger partial charge in [0.1, 0.15) is 17.4 Å². The van der Waals surface area contributed by atoms with Gasteiger partial charge in [-0.05, 0) is 85.1 Å².